The van der Waals surface area contributed by atoms with Crippen LogP contribution < -0.4 is 0 Å². The average Bonchev–Trinajstić information content (AvgIpc) is 2.23. The van der Waals surface area contributed by atoms with E-state index in [1.54, 1.807) is 20.8 Å². The average molecular weight is 238 g/mol. The molecule has 98 valence electrons. The summed E-state index contributed by atoms with van der Waals surface area (Å²) in [5.41, 5.74) is 0. The lowest BCUT2D eigenvalue weighted by Gasteiger charge is -2.22. The van der Waals surface area contributed by atoms with Crippen molar-refractivity contribution in [3.8, 4) is 0 Å². The Hall–Kier alpha value is -0.240. The van der Waals surface area contributed by atoms with Gasteiger partial charge >= 0.3 is 0 Å². The second-order valence-electron chi connectivity index (χ2n) is 3.16. The van der Waals surface area contributed by atoms with Crippen LogP contribution in [0.2, 0.25) is 0 Å². The van der Waals surface area contributed by atoms with Crippen molar-refractivity contribution in [2.24, 2.45) is 0 Å². The summed E-state index contributed by atoms with van der Waals surface area (Å²) >= 11 is 0. The minimum Gasteiger partial charge on any atom is -0.394 e. The second kappa shape index (κ2) is 9.95. The summed E-state index contributed by atoms with van der Waals surface area (Å²) in [6.45, 7) is 5.52. The van der Waals surface area contributed by atoms with Crippen molar-refractivity contribution in [1.82, 2.24) is 0 Å². The van der Waals surface area contributed by atoms with Gasteiger partial charge in [0.25, 0.3) is 0 Å². The number of aliphatic hydroxyl groups is 2. The van der Waals surface area contributed by atoms with E-state index in [2.05, 4.69) is 0 Å². The standard InChI is InChI=1S/C10H22O6/c1-8(13-6-4-11)15-10(3)16-9(2)14-7-5-12/h8-12H,4-7H2,1-3H3. The first-order valence-corrected chi connectivity index (χ1v) is 5.36. The van der Waals surface area contributed by atoms with Crippen LogP contribution >= 0.6 is 0 Å². The smallest absolute Gasteiger partial charge is 0.161 e. The lowest BCUT2D eigenvalue weighted by Crippen LogP contribution is -2.28. The molecule has 0 heterocycles. The Bertz CT molecular complexity index is 138. The van der Waals surface area contributed by atoms with Crippen molar-refractivity contribution in [2.45, 2.75) is 39.6 Å². The fourth-order valence-electron chi connectivity index (χ4n) is 1.09. The number of hydrogen-bond acceptors (Lipinski definition) is 6. The van der Waals surface area contributed by atoms with Gasteiger partial charge in [0, 0.05) is 0 Å². The molecule has 0 aliphatic heterocycles. The van der Waals surface area contributed by atoms with Gasteiger partial charge < -0.3 is 29.2 Å². The molecule has 0 fully saturated rings. The molecule has 6 heteroatoms. The van der Waals surface area contributed by atoms with Crippen LogP contribution in [0.3, 0.4) is 0 Å². The molecule has 0 spiro atoms. The maximum Gasteiger partial charge on any atom is 0.161 e. The Balaban J connectivity index is 3.58. The summed E-state index contributed by atoms with van der Waals surface area (Å²) < 4.78 is 20.8. The molecule has 2 atom stereocenters. The Morgan fingerprint density at radius 2 is 1.12 bits per heavy atom. The molecular weight excluding hydrogens is 216 g/mol. The normalized spacial score (nSPS) is 17.1. The van der Waals surface area contributed by atoms with E-state index in [0.29, 0.717) is 0 Å². The third-order valence-electron chi connectivity index (χ3n) is 1.65. The molecular formula is C10H22O6. The van der Waals surface area contributed by atoms with Gasteiger partial charge in [-0.05, 0) is 20.8 Å². The first kappa shape index (κ1) is 15.8. The SMILES string of the molecule is CC(OCCO)OC(C)OC(C)OCCO. The van der Waals surface area contributed by atoms with Crippen LogP contribution in [0.5, 0.6) is 0 Å². The molecule has 0 aliphatic rings. The Kier molecular flexibility index (Phi) is 9.80. The van der Waals surface area contributed by atoms with Crippen molar-refractivity contribution >= 4 is 0 Å². The number of hydrogen-bond donors (Lipinski definition) is 2. The molecule has 0 aromatic carbocycles. The molecule has 2 N–H and O–H groups in total. The number of rotatable bonds is 10. The Labute approximate surface area is 96.1 Å². The van der Waals surface area contributed by atoms with Gasteiger partial charge in [-0.1, -0.05) is 0 Å². The van der Waals surface area contributed by atoms with Gasteiger partial charge in [-0.15, -0.1) is 0 Å². The molecule has 0 aliphatic carbocycles. The van der Waals surface area contributed by atoms with Gasteiger partial charge in [-0.25, -0.2) is 0 Å². The van der Waals surface area contributed by atoms with Crippen molar-refractivity contribution in [3.05, 3.63) is 0 Å². The van der Waals surface area contributed by atoms with E-state index >= 15 is 0 Å². The Morgan fingerprint density at radius 1 is 0.750 bits per heavy atom. The van der Waals surface area contributed by atoms with E-state index in [4.69, 9.17) is 29.2 Å². The summed E-state index contributed by atoms with van der Waals surface area (Å²) in [7, 11) is 0. The molecule has 2 unspecified atom stereocenters. The highest BCUT2D eigenvalue weighted by Crippen LogP contribution is 2.05. The van der Waals surface area contributed by atoms with Gasteiger partial charge in [0.15, 0.2) is 18.9 Å². The van der Waals surface area contributed by atoms with E-state index in [1.165, 1.54) is 0 Å². The molecule has 0 aromatic heterocycles. The minimum absolute atomic E-state index is 0.0427. The minimum atomic E-state index is -0.484. The monoisotopic (exact) mass is 238 g/mol. The van der Waals surface area contributed by atoms with E-state index < -0.39 is 18.9 Å². The summed E-state index contributed by atoms with van der Waals surface area (Å²) in [5.74, 6) is 0. The highest BCUT2D eigenvalue weighted by molar-refractivity contribution is 4.39. The van der Waals surface area contributed by atoms with Gasteiger partial charge in [-0.2, -0.15) is 0 Å². The largest absolute Gasteiger partial charge is 0.394 e. The van der Waals surface area contributed by atoms with E-state index in [1.807, 2.05) is 0 Å². The van der Waals surface area contributed by atoms with Crippen molar-refractivity contribution < 1.29 is 29.2 Å². The molecule has 0 radical (unpaired) electrons. The Morgan fingerprint density at radius 3 is 1.44 bits per heavy atom. The van der Waals surface area contributed by atoms with E-state index in [9.17, 15) is 0 Å². The molecule has 0 saturated carbocycles. The maximum absolute atomic E-state index is 8.54. The highest BCUT2D eigenvalue weighted by Gasteiger charge is 2.12. The highest BCUT2D eigenvalue weighted by atomic mass is 16.8. The zero-order valence-electron chi connectivity index (χ0n) is 10.1. The molecule has 16 heavy (non-hydrogen) atoms. The molecule has 0 saturated heterocycles. The topological polar surface area (TPSA) is 77.4 Å². The van der Waals surface area contributed by atoms with Gasteiger partial charge in [0.05, 0.1) is 26.4 Å². The van der Waals surface area contributed by atoms with E-state index in [-0.39, 0.29) is 26.4 Å². The zero-order chi connectivity index (χ0) is 12.4. The van der Waals surface area contributed by atoms with Gasteiger partial charge in [-0.3, -0.25) is 0 Å². The van der Waals surface area contributed by atoms with Crippen LogP contribution in [0.15, 0.2) is 0 Å². The van der Waals surface area contributed by atoms with Crippen LogP contribution in [0.25, 0.3) is 0 Å². The lowest BCUT2D eigenvalue weighted by atomic mass is 10.6. The third kappa shape index (κ3) is 9.02. The van der Waals surface area contributed by atoms with Gasteiger partial charge in [0.1, 0.15) is 0 Å². The van der Waals surface area contributed by atoms with Crippen LogP contribution in [-0.4, -0.2) is 55.5 Å². The van der Waals surface area contributed by atoms with Crippen LogP contribution in [0, 0.1) is 0 Å². The summed E-state index contributed by atoms with van der Waals surface area (Å²) in [4.78, 5) is 0. The predicted octanol–water partition coefficient (Wildman–Crippen LogP) is 0.0754. The van der Waals surface area contributed by atoms with E-state index in [0.717, 1.165) is 0 Å². The number of ether oxygens (including phenoxy) is 4. The predicted molar refractivity (Wildman–Crippen MR) is 56.6 cm³/mol. The third-order valence-corrected chi connectivity index (χ3v) is 1.65. The lowest BCUT2D eigenvalue weighted by molar-refractivity contribution is -0.280. The van der Waals surface area contributed by atoms with Crippen LogP contribution in [0.4, 0.5) is 0 Å². The fourth-order valence-corrected chi connectivity index (χ4v) is 1.09. The fraction of sp³-hybridized carbons (Fsp3) is 1.00. The molecule has 0 rings (SSSR count). The van der Waals surface area contributed by atoms with Crippen LogP contribution in [0.1, 0.15) is 20.8 Å². The van der Waals surface area contributed by atoms with Crippen molar-refractivity contribution in [1.29, 1.82) is 0 Å². The summed E-state index contributed by atoms with van der Waals surface area (Å²) in [5, 5.41) is 17.1. The van der Waals surface area contributed by atoms with Gasteiger partial charge in [0.2, 0.25) is 0 Å². The molecule has 0 amide bonds. The summed E-state index contributed by atoms with van der Waals surface area (Å²) in [6.07, 6.45) is -1.39. The zero-order valence-corrected chi connectivity index (χ0v) is 10.1. The molecule has 0 aromatic rings. The quantitative estimate of drug-likeness (QED) is 0.525. The molecule has 6 nitrogen and oxygen atoms in total. The molecule has 0 bridgehead atoms. The first-order chi connectivity index (χ1) is 7.60. The van der Waals surface area contributed by atoms with Crippen molar-refractivity contribution in [2.75, 3.05) is 26.4 Å². The first-order valence-electron chi connectivity index (χ1n) is 5.36. The van der Waals surface area contributed by atoms with Crippen LogP contribution in [-0.2, 0) is 18.9 Å². The van der Waals surface area contributed by atoms with Crippen molar-refractivity contribution in [3.63, 3.8) is 0 Å². The number of aliphatic hydroxyl groups excluding tert-OH is 2. The second-order valence-corrected chi connectivity index (χ2v) is 3.16. The summed E-state index contributed by atoms with van der Waals surface area (Å²) in [6, 6.07) is 0. The maximum atomic E-state index is 8.54.